The number of thiophene rings is 1. The number of fused-ring (bicyclic) bond motifs is 1. The van der Waals surface area contributed by atoms with Crippen molar-refractivity contribution in [3.05, 3.63) is 17.5 Å². The first-order valence-corrected chi connectivity index (χ1v) is 18.8. The summed E-state index contributed by atoms with van der Waals surface area (Å²) in [4.78, 5) is 67.6. The molecule has 4 aliphatic rings. The van der Waals surface area contributed by atoms with E-state index in [-0.39, 0.29) is 33.9 Å². The number of likely N-dealkylation sites (tertiary alicyclic amines) is 1. The molecule has 5 N–H and O–H groups in total. The Morgan fingerprint density at radius 1 is 1.06 bits per heavy atom. The first-order chi connectivity index (χ1) is 21.9. The zero-order chi connectivity index (χ0) is 34.5. The molecular weight excluding hydrogens is 645 g/mol. The van der Waals surface area contributed by atoms with E-state index in [0.717, 1.165) is 30.6 Å². The van der Waals surface area contributed by atoms with Crippen LogP contribution in [-0.2, 0) is 29.2 Å². The summed E-state index contributed by atoms with van der Waals surface area (Å²) in [7, 11) is -3.67. The van der Waals surface area contributed by atoms with E-state index in [1.54, 1.807) is 17.5 Å². The number of rotatable bonds is 11. The number of hydrogen-bond donors (Lipinski definition) is 4. The van der Waals surface area contributed by atoms with Crippen LogP contribution >= 0.6 is 11.3 Å². The predicted molar refractivity (Wildman–Crippen MR) is 175 cm³/mol. The van der Waals surface area contributed by atoms with Crippen molar-refractivity contribution >= 4 is 50.9 Å². The Kier molecular flexibility index (Phi) is 9.84. The minimum Gasteiger partial charge on any atom is -0.363 e. The number of amides is 5. The Hall–Kier alpha value is -3.04. The van der Waals surface area contributed by atoms with Crippen LogP contribution in [0, 0.1) is 28.6 Å². The van der Waals surface area contributed by atoms with Gasteiger partial charge in [-0.05, 0) is 59.3 Å². The molecule has 0 radical (unpaired) electrons. The van der Waals surface area contributed by atoms with Crippen molar-refractivity contribution in [2.24, 2.45) is 34.3 Å². The van der Waals surface area contributed by atoms with E-state index in [4.69, 9.17) is 5.73 Å². The molecule has 0 bridgehead atoms. The SMILES string of the molecule is CC(C)(C)[C@H](NC(=O)NC1CCCN(S(=O)(=O)c2cccs2)C1)C(=O)N1C[C@H]2[C@@H]([C@H]1C(=O)NC(CC1CCC1)C(=O)C(N)=O)C2(C)C. The molecule has 1 aromatic heterocycles. The lowest BCUT2D eigenvalue weighted by atomic mass is 9.80. The van der Waals surface area contributed by atoms with Crippen molar-refractivity contribution in [1.29, 1.82) is 0 Å². The molecule has 47 heavy (non-hydrogen) atoms. The third-order valence-corrected chi connectivity index (χ3v) is 13.9. The summed E-state index contributed by atoms with van der Waals surface area (Å²) < 4.78 is 27.8. The maximum atomic E-state index is 14.3. The van der Waals surface area contributed by atoms with Crippen LogP contribution in [0.1, 0.15) is 73.1 Å². The maximum absolute atomic E-state index is 14.3. The largest absolute Gasteiger partial charge is 0.363 e. The van der Waals surface area contributed by atoms with Gasteiger partial charge in [-0.2, -0.15) is 4.31 Å². The molecule has 13 nitrogen and oxygen atoms in total. The molecule has 1 aromatic rings. The van der Waals surface area contributed by atoms with Crippen molar-refractivity contribution in [2.45, 2.75) is 102 Å². The summed E-state index contributed by atoms with van der Waals surface area (Å²) in [6, 6.07) is -0.752. The molecule has 6 atom stereocenters. The van der Waals surface area contributed by atoms with Crippen LogP contribution in [0.5, 0.6) is 0 Å². The summed E-state index contributed by atoms with van der Waals surface area (Å²) in [5, 5.41) is 10.2. The number of ketones is 1. The zero-order valence-electron chi connectivity index (χ0n) is 27.8. The number of carbonyl (C=O) groups is 5. The van der Waals surface area contributed by atoms with Gasteiger partial charge in [0.1, 0.15) is 16.3 Å². The van der Waals surface area contributed by atoms with Crippen molar-refractivity contribution in [3.63, 3.8) is 0 Å². The number of urea groups is 1. The van der Waals surface area contributed by atoms with Crippen LogP contribution in [0.3, 0.4) is 0 Å². The normalized spacial score (nSPS) is 27.1. The van der Waals surface area contributed by atoms with Gasteiger partial charge in [-0.1, -0.05) is 59.9 Å². The summed E-state index contributed by atoms with van der Waals surface area (Å²) in [5.41, 5.74) is 4.38. The Morgan fingerprint density at radius 2 is 1.77 bits per heavy atom. The van der Waals surface area contributed by atoms with Crippen LogP contribution in [0.4, 0.5) is 4.79 Å². The highest BCUT2D eigenvalue weighted by Crippen LogP contribution is 2.65. The van der Waals surface area contributed by atoms with Crippen molar-refractivity contribution in [1.82, 2.24) is 25.2 Å². The Bertz CT molecular complexity index is 1500. The molecule has 0 spiro atoms. The number of sulfonamides is 1. The molecule has 260 valence electrons. The van der Waals surface area contributed by atoms with Gasteiger partial charge in [-0.15, -0.1) is 11.3 Å². The van der Waals surface area contributed by atoms with Crippen LogP contribution < -0.4 is 21.7 Å². The van der Waals surface area contributed by atoms with Crippen molar-refractivity contribution in [3.8, 4) is 0 Å². The van der Waals surface area contributed by atoms with E-state index < -0.39 is 69.1 Å². The van der Waals surface area contributed by atoms with Gasteiger partial charge in [0.25, 0.3) is 15.9 Å². The standard InChI is InChI=1S/C32H48N6O7S2/c1-31(2,3)26(36-30(43)34-19-11-7-13-37(16-19)47(44,45)22-12-8-14-46-22)29(42)38-17-20-23(32(20,4)5)24(38)28(41)35-21(25(39)27(33)40)15-18-9-6-10-18/h8,12,14,18-21,23-24,26H,6-7,9-11,13,15-17H2,1-5H3,(H2,33,40)(H,35,41)(H2,34,36,43)/t19?,20-,21?,23-,24-,26+/m0/s1. The van der Waals surface area contributed by atoms with Gasteiger partial charge in [0.05, 0.1) is 6.04 Å². The summed E-state index contributed by atoms with van der Waals surface area (Å²) in [5.74, 6) is -2.73. The zero-order valence-corrected chi connectivity index (χ0v) is 29.4. The van der Waals surface area contributed by atoms with Crippen LogP contribution in [0.2, 0.25) is 0 Å². The first-order valence-electron chi connectivity index (χ1n) is 16.5. The van der Waals surface area contributed by atoms with Gasteiger partial charge in [-0.3, -0.25) is 19.2 Å². The molecule has 5 rings (SSSR count). The Labute approximate surface area is 280 Å². The second-order valence-electron chi connectivity index (χ2n) is 15.3. The fourth-order valence-electron chi connectivity index (χ4n) is 7.52. The van der Waals surface area contributed by atoms with Gasteiger partial charge in [0.15, 0.2) is 0 Å². The van der Waals surface area contributed by atoms with Crippen LogP contribution in [-0.4, -0.2) is 91.0 Å². The quantitative estimate of drug-likeness (QED) is 0.255. The van der Waals surface area contributed by atoms with E-state index in [2.05, 4.69) is 16.0 Å². The second kappa shape index (κ2) is 13.1. The number of carbonyl (C=O) groups excluding carboxylic acids is 5. The van der Waals surface area contributed by atoms with Gasteiger partial charge in [0, 0.05) is 25.7 Å². The minimum atomic E-state index is -3.67. The molecule has 2 aliphatic heterocycles. The highest BCUT2D eigenvalue weighted by Gasteiger charge is 2.70. The molecule has 2 saturated carbocycles. The maximum Gasteiger partial charge on any atom is 0.315 e. The van der Waals surface area contributed by atoms with E-state index in [0.29, 0.717) is 32.4 Å². The molecule has 15 heteroatoms. The molecule has 0 aromatic carbocycles. The third kappa shape index (κ3) is 7.21. The number of nitrogens with two attached hydrogens (primary N) is 1. The lowest BCUT2D eigenvalue weighted by molar-refractivity contribution is -0.145. The molecular formula is C32H48N6O7S2. The summed E-state index contributed by atoms with van der Waals surface area (Å²) >= 11 is 1.14. The van der Waals surface area contributed by atoms with Gasteiger partial charge >= 0.3 is 6.03 Å². The first kappa shape index (κ1) is 35.3. The number of nitrogens with one attached hydrogen (secondary N) is 3. The monoisotopic (exact) mass is 692 g/mol. The smallest absolute Gasteiger partial charge is 0.315 e. The molecule has 5 amide bonds. The number of Topliss-reactive ketones (excluding diaryl/α,β-unsaturated/α-hetero) is 1. The summed E-state index contributed by atoms with van der Waals surface area (Å²) in [6.07, 6.45) is 4.33. The van der Waals surface area contributed by atoms with Crippen molar-refractivity contribution < 1.29 is 32.4 Å². The Balaban J connectivity index is 1.28. The molecule has 2 saturated heterocycles. The number of nitrogens with zero attached hydrogens (tertiary/aromatic N) is 2. The van der Waals surface area contributed by atoms with E-state index in [1.165, 1.54) is 9.21 Å². The molecule has 2 aliphatic carbocycles. The number of hydrogen-bond acceptors (Lipinski definition) is 8. The lowest BCUT2D eigenvalue weighted by Gasteiger charge is -2.38. The second-order valence-corrected chi connectivity index (χ2v) is 18.4. The highest BCUT2D eigenvalue weighted by molar-refractivity contribution is 7.91. The van der Waals surface area contributed by atoms with Crippen LogP contribution in [0.15, 0.2) is 21.7 Å². The predicted octanol–water partition coefficient (Wildman–Crippen LogP) is 1.83. The summed E-state index contributed by atoms with van der Waals surface area (Å²) in [6.45, 7) is 10.3. The van der Waals surface area contributed by atoms with E-state index in [9.17, 15) is 32.4 Å². The molecule has 3 heterocycles. The molecule has 2 unspecified atom stereocenters. The average molecular weight is 693 g/mol. The fraction of sp³-hybridized carbons (Fsp3) is 0.719. The van der Waals surface area contributed by atoms with Gasteiger partial charge in [-0.25, -0.2) is 13.2 Å². The molecule has 4 fully saturated rings. The fourth-order valence-corrected chi connectivity index (χ4v) is 10.2. The Morgan fingerprint density at radius 3 is 2.34 bits per heavy atom. The van der Waals surface area contributed by atoms with Crippen LogP contribution in [0.25, 0.3) is 0 Å². The van der Waals surface area contributed by atoms with Crippen molar-refractivity contribution in [2.75, 3.05) is 19.6 Å². The highest BCUT2D eigenvalue weighted by atomic mass is 32.2. The van der Waals surface area contributed by atoms with Gasteiger partial charge in [0.2, 0.25) is 17.6 Å². The number of primary amides is 1. The number of piperidine rings is 2. The minimum absolute atomic E-state index is 0.0621. The average Bonchev–Trinajstić information content (AvgIpc) is 3.43. The topological polar surface area (TPSA) is 188 Å². The van der Waals surface area contributed by atoms with E-state index >= 15 is 0 Å². The van der Waals surface area contributed by atoms with Gasteiger partial charge < -0.3 is 26.6 Å². The third-order valence-electron chi connectivity index (χ3n) is 10.6. The lowest BCUT2D eigenvalue weighted by Crippen LogP contribution is -2.62. The van der Waals surface area contributed by atoms with E-state index in [1.807, 2.05) is 34.6 Å².